The van der Waals surface area contributed by atoms with E-state index in [4.69, 9.17) is 0 Å². The van der Waals surface area contributed by atoms with Crippen molar-refractivity contribution in [3.8, 4) is 0 Å². The summed E-state index contributed by atoms with van der Waals surface area (Å²) in [6, 6.07) is -0.174. The smallest absolute Gasteiger partial charge is 0.211 e. The molecule has 82 valence electrons. The summed E-state index contributed by atoms with van der Waals surface area (Å²) in [7, 11) is 0. The highest BCUT2D eigenvalue weighted by molar-refractivity contribution is 5.35. The van der Waals surface area contributed by atoms with Gasteiger partial charge in [0, 0.05) is 0 Å². The van der Waals surface area contributed by atoms with Crippen LogP contribution in [0.2, 0.25) is 0 Å². The largest absolute Gasteiger partial charge is 0.235 e. The molecule has 1 aliphatic rings. The molecule has 1 rings (SSSR count). The summed E-state index contributed by atoms with van der Waals surface area (Å²) in [5.74, 6) is 0.628. The Hall–Kier alpha value is -1.24. The molecule has 4 nitrogen and oxygen atoms in total. The molecule has 1 aliphatic carbocycles. The lowest BCUT2D eigenvalue weighted by Gasteiger charge is -2.23. The number of isocyanates is 2. The van der Waals surface area contributed by atoms with Crippen LogP contribution in [0.4, 0.5) is 0 Å². The minimum absolute atomic E-state index is 0.174. The summed E-state index contributed by atoms with van der Waals surface area (Å²) in [6.07, 6.45) is 10.1. The van der Waals surface area contributed by atoms with Gasteiger partial charge in [0.25, 0.3) is 0 Å². The van der Waals surface area contributed by atoms with Crippen molar-refractivity contribution in [3.05, 3.63) is 0 Å². The molecule has 0 aromatic rings. The molecule has 1 fully saturated rings. The molecule has 15 heavy (non-hydrogen) atoms. The quantitative estimate of drug-likeness (QED) is 0.512. The lowest BCUT2D eigenvalue weighted by molar-refractivity contribution is 0.319. The first-order valence-electron chi connectivity index (χ1n) is 5.47. The van der Waals surface area contributed by atoms with Crippen LogP contribution in [0, 0.1) is 5.92 Å². The average Bonchev–Trinajstić information content (AvgIpc) is 2.28. The molecule has 1 saturated carbocycles. The van der Waals surface area contributed by atoms with Gasteiger partial charge in [-0.25, -0.2) is 19.6 Å². The monoisotopic (exact) mass is 208 g/mol. The summed E-state index contributed by atoms with van der Waals surface area (Å²) in [4.78, 5) is 27.3. The topological polar surface area (TPSA) is 58.9 Å². The van der Waals surface area contributed by atoms with Gasteiger partial charge in [0.05, 0.1) is 12.6 Å². The first kappa shape index (κ1) is 11.8. The molecule has 1 atom stereocenters. The molecule has 0 spiro atoms. The Morgan fingerprint density at radius 1 is 1.13 bits per heavy atom. The molecule has 0 saturated heterocycles. The van der Waals surface area contributed by atoms with E-state index in [0.29, 0.717) is 5.92 Å². The minimum Gasteiger partial charge on any atom is -0.211 e. The third kappa shape index (κ3) is 4.68. The Morgan fingerprint density at radius 3 is 2.47 bits per heavy atom. The van der Waals surface area contributed by atoms with E-state index in [1.165, 1.54) is 38.2 Å². The highest BCUT2D eigenvalue weighted by Crippen LogP contribution is 2.27. The van der Waals surface area contributed by atoms with Crippen molar-refractivity contribution in [3.63, 3.8) is 0 Å². The molecule has 0 heterocycles. The van der Waals surface area contributed by atoms with Gasteiger partial charge in [0.15, 0.2) is 0 Å². The van der Waals surface area contributed by atoms with Crippen molar-refractivity contribution in [1.29, 1.82) is 0 Å². The van der Waals surface area contributed by atoms with Gasteiger partial charge in [-0.2, -0.15) is 0 Å². The Kier molecular flexibility index (Phi) is 5.60. The van der Waals surface area contributed by atoms with Gasteiger partial charge < -0.3 is 0 Å². The van der Waals surface area contributed by atoms with Gasteiger partial charge >= 0.3 is 0 Å². The fraction of sp³-hybridized carbons (Fsp3) is 0.818. The van der Waals surface area contributed by atoms with E-state index in [1.807, 2.05) is 0 Å². The molecule has 0 aromatic carbocycles. The third-order valence-electron chi connectivity index (χ3n) is 2.93. The Morgan fingerprint density at radius 2 is 1.87 bits per heavy atom. The van der Waals surface area contributed by atoms with E-state index in [0.717, 1.165) is 6.42 Å². The first-order chi connectivity index (χ1) is 7.36. The number of hydrogen-bond donors (Lipinski definition) is 0. The van der Waals surface area contributed by atoms with Gasteiger partial charge in [0.1, 0.15) is 0 Å². The SMILES string of the molecule is O=C=NCC(CC1CCCCC1)N=C=O. The van der Waals surface area contributed by atoms with E-state index in [2.05, 4.69) is 9.98 Å². The summed E-state index contributed by atoms with van der Waals surface area (Å²) < 4.78 is 0. The lowest BCUT2D eigenvalue weighted by atomic mass is 9.85. The van der Waals surface area contributed by atoms with Gasteiger partial charge in [0.2, 0.25) is 12.2 Å². The van der Waals surface area contributed by atoms with Crippen LogP contribution < -0.4 is 0 Å². The Bertz CT molecular complexity index is 272. The summed E-state index contributed by atoms with van der Waals surface area (Å²) >= 11 is 0. The van der Waals surface area contributed by atoms with Crippen LogP contribution in [-0.2, 0) is 9.59 Å². The molecule has 4 heteroatoms. The second-order valence-corrected chi connectivity index (χ2v) is 4.05. The minimum atomic E-state index is -0.174. The zero-order chi connectivity index (χ0) is 10.9. The predicted molar refractivity (Wildman–Crippen MR) is 56.1 cm³/mol. The van der Waals surface area contributed by atoms with Gasteiger partial charge in [-0.1, -0.05) is 32.1 Å². The molecular weight excluding hydrogens is 192 g/mol. The fourth-order valence-electron chi connectivity index (χ4n) is 2.19. The van der Waals surface area contributed by atoms with Crippen molar-refractivity contribution in [1.82, 2.24) is 0 Å². The number of hydrogen-bond acceptors (Lipinski definition) is 4. The van der Waals surface area contributed by atoms with Crippen LogP contribution in [0.3, 0.4) is 0 Å². The van der Waals surface area contributed by atoms with Crippen LogP contribution in [0.25, 0.3) is 0 Å². The van der Waals surface area contributed by atoms with Gasteiger partial charge in [-0.3, -0.25) is 0 Å². The van der Waals surface area contributed by atoms with Crippen molar-refractivity contribution in [2.24, 2.45) is 15.9 Å². The highest BCUT2D eigenvalue weighted by atomic mass is 16.1. The van der Waals surface area contributed by atoms with E-state index in [1.54, 1.807) is 6.08 Å². The number of rotatable bonds is 5. The molecule has 0 aliphatic heterocycles. The standard InChI is InChI=1S/C11H16N2O2/c14-8-12-7-11(13-9-15)6-10-4-2-1-3-5-10/h10-11H,1-7H2. The van der Waals surface area contributed by atoms with Crippen LogP contribution in [0.15, 0.2) is 9.98 Å². The molecular formula is C11H16N2O2. The molecule has 0 bridgehead atoms. The van der Waals surface area contributed by atoms with E-state index in [-0.39, 0.29) is 12.6 Å². The van der Waals surface area contributed by atoms with Crippen molar-refractivity contribution in [2.75, 3.05) is 6.54 Å². The first-order valence-corrected chi connectivity index (χ1v) is 5.47. The normalized spacial score (nSPS) is 18.7. The highest BCUT2D eigenvalue weighted by Gasteiger charge is 2.18. The molecule has 0 N–H and O–H groups in total. The third-order valence-corrected chi connectivity index (χ3v) is 2.93. The zero-order valence-corrected chi connectivity index (χ0v) is 8.82. The second-order valence-electron chi connectivity index (χ2n) is 4.05. The van der Waals surface area contributed by atoms with Crippen LogP contribution in [0.1, 0.15) is 38.5 Å². The summed E-state index contributed by atoms with van der Waals surface area (Å²) in [6.45, 7) is 0.273. The van der Waals surface area contributed by atoms with Crippen LogP contribution in [0.5, 0.6) is 0 Å². The summed E-state index contributed by atoms with van der Waals surface area (Å²) in [5.41, 5.74) is 0. The second kappa shape index (κ2) is 7.10. The maximum absolute atomic E-state index is 10.2. The van der Waals surface area contributed by atoms with E-state index < -0.39 is 0 Å². The van der Waals surface area contributed by atoms with Crippen molar-refractivity contribution >= 4 is 12.2 Å². The van der Waals surface area contributed by atoms with E-state index >= 15 is 0 Å². The zero-order valence-electron chi connectivity index (χ0n) is 8.82. The molecule has 0 amide bonds. The van der Waals surface area contributed by atoms with Gasteiger partial charge in [-0.05, 0) is 12.3 Å². The van der Waals surface area contributed by atoms with E-state index in [9.17, 15) is 9.59 Å². The lowest BCUT2D eigenvalue weighted by Crippen LogP contribution is -2.17. The summed E-state index contributed by atoms with van der Waals surface area (Å²) in [5, 5.41) is 0. The van der Waals surface area contributed by atoms with Crippen molar-refractivity contribution < 1.29 is 9.59 Å². The average molecular weight is 208 g/mol. The number of nitrogens with zero attached hydrogens (tertiary/aromatic N) is 2. The molecule has 1 unspecified atom stereocenters. The molecule has 0 aromatic heterocycles. The van der Waals surface area contributed by atoms with Crippen LogP contribution >= 0.6 is 0 Å². The molecule has 0 radical (unpaired) electrons. The van der Waals surface area contributed by atoms with Crippen LogP contribution in [-0.4, -0.2) is 24.7 Å². The predicted octanol–water partition coefficient (Wildman–Crippen LogP) is 2.00. The van der Waals surface area contributed by atoms with Gasteiger partial charge in [-0.15, -0.1) is 0 Å². The fourth-order valence-corrected chi connectivity index (χ4v) is 2.19. The number of aliphatic imine (C=N–C) groups is 2. The van der Waals surface area contributed by atoms with Crippen molar-refractivity contribution in [2.45, 2.75) is 44.6 Å². The Labute approximate surface area is 89.5 Å². The Balaban J connectivity index is 2.41. The number of carbonyl (C=O) groups excluding carboxylic acids is 2. The maximum Gasteiger partial charge on any atom is 0.235 e. The maximum atomic E-state index is 10.2.